The quantitative estimate of drug-likeness (QED) is 0.359. The third-order valence-corrected chi connectivity index (χ3v) is 4.14. The van der Waals surface area contributed by atoms with Gasteiger partial charge in [0.25, 0.3) is 0 Å². The molecular formula is C17H16FNO3S. The minimum Gasteiger partial charge on any atom is -0.481 e. The lowest BCUT2D eigenvalue weighted by Crippen LogP contribution is -2.07. The van der Waals surface area contributed by atoms with Gasteiger partial charge in [0.2, 0.25) is 0 Å². The van der Waals surface area contributed by atoms with Crippen LogP contribution in [0.2, 0.25) is 0 Å². The second-order valence-electron chi connectivity index (χ2n) is 4.86. The third kappa shape index (κ3) is 4.32. The van der Waals surface area contributed by atoms with E-state index in [4.69, 9.17) is 10.3 Å². The molecule has 120 valence electrons. The van der Waals surface area contributed by atoms with Crippen LogP contribution < -0.4 is 0 Å². The molecule has 0 aliphatic rings. The molecule has 0 spiro atoms. The van der Waals surface area contributed by atoms with E-state index in [-0.39, 0.29) is 24.1 Å². The summed E-state index contributed by atoms with van der Waals surface area (Å²) in [6, 6.07) is 12.3. The van der Waals surface area contributed by atoms with Gasteiger partial charge in [0, 0.05) is 16.9 Å². The van der Waals surface area contributed by atoms with Crippen LogP contribution in [0.4, 0.5) is 4.39 Å². The SMILES string of the molecule is CSc1ccc(-c2ccc(/C(CCC(=O)O)=N/O)c(F)c2)cc1. The Morgan fingerprint density at radius 2 is 1.78 bits per heavy atom. The van der Waals surface area contributed by atoms with Gasteiger partial charge >= 0.3 is 5.97 Å². The molecule has 2 aromatic carbocycles. The molecule has 0 unspecified atom stereocenters. The zero-order valence-electron chi connectivity index (χ0n) is 12.5. The number of hydrogen-bond acceptors (Lipinski definition) is 4. The summed E-state index contributed by atoms with van der Waals surface area (Å²) in [4.78, 5) is 11.7. The van der Waals surface area contributed by atoms with Crippen LogP contribution in [-0.4, -0.2) is 28.3 Å². The van der Waals surface area contributed by atoms with Crippen molar-refractivity contribution in [3.05, 3.63) is 53.8 Å². The first kappa shape index (κ1) is 17.0. The van der Waals surface area contributed by atoms with Crippen LogP contribution in [0.15, 0.2) is 52.5 Å². The molecule has 0 aliphatic heterocycles. The molecule has 2 rings (SSSR count). The van der Waals surface area contributed by atoms with Crippen LogP contribution >= 0.6 is 11.8 Å². The molecule has 0 atom stereocenters. The normalized spacial score (nSPS) is 11.5. The topological polar surface area (TPSA) is 69.9 Å². The monoisotopic (exact) mass is 333 g/mol. The van der Waals surface area contributed by atoms with Gasteiger partial charge < -0.3 is 10.3 Å². The number of nitrogens with zero attached hydrogens (tertiary/aromatic N) is 1. The summed E-state index contributed by atoms with van der Waals surface area (Å²) in [5, 5.41) is 20.7. The molecular weight excluding hydrogens is 317 g/mol. The fourth-order valence-corrected chi connectivity index (χ4v) is 2.58. The van der Waals surface area contributed by atoms with E-state index in [2.05, 4.69) is 5.16 Å². The zero-order chi connectivity index (χ0) is 16.8. The number of aliphatic carboxylic acids is 1. The van der Waals surface area contributed by atoms with E-state index in [9.17, 15) is 9.18 Å². The van der Waals surface area contributed by atoms with Crippen molar-refractivity contribution in [1.29, 1.82) is 0 Å². The molecule has 0 saturated carbocycles. The lowest BCUT2D eigenvalue weighted by molar-refractivity contribution is -0.136. The van der Waals surface area contributed by atoms with Gasteiger partial charge in [0.15, 0.2) is 0 Å². The van der Waals surface area contributed by atoms with Gasteiger partial charge in [-0.15, -0.1) is 11.8 Å². The van der Waals surface area contributed by atoms with Crippen molar-refractivity contribution in [2.24, 2.45) is 5.16 Å². The maximum atomic E-state index is 14.3. The van der Waals surface area contributed by atoms with Crippen LogP contribution in [0.25, 0.3) is 11.1 Å². The Hall–Kier alpha value is -2.34. The Labute approximate surface area is 137 Å². The molecule has 23 heavy (non-hydrogen) atoms. The van der Waals surface area contributed by atoms with Gasteiger partial charge in [-0.25, -0.2) is 4.39 Å². The van der Waals surface area contributed by atoms with Gasteiger partial charge in [-0.1, -0.05) is 23.4 Å². The van der Waals surface area contributed by atoms with E-state index in [0.29, 0.717) is 5.56 Å². The van der Waals surface area contributed by atoms with Gasteiger partial charge in [-0.3, -0.25) is 4.79 Å². The first-order valence-electron chi connectivity index (χ1n) is 6.92. The van der Waals surface area contributed by atoms with Gasteiger partial charge in [0.05, 0.1) is 12.1 Å². The lowest BCUT2D eigenvalue weighted by atomic mass is 9.99. The van der Waals surface area contributed by atoms with Crippen LogP contribution in [0.3, 0.4) is 0 Å². The predicted molar refractivity (Wildman–Crippen MR) is 88.8 cm³/mol. The number of oxime groups is 1. The summed E-state index contributed by atoms with van der Waals surface area (Å²) < 4.78 is 14.3. The Balaban J connectivity index is 2.27. The first-order chi connectivity index (χ1) is 11.0. The molecule has 0 heterocycles. The van der Waals surface area contributed by atoms with Gasteiger partial charge in [-0.2, -0.15) is 0 Å². The molecule has 4 nitrogen and oxygen atoms in total. The summed E-state index contributed by atoms with van der Waals surface area (Å²) in [5.41, 5.74) is 1.71. The number of benzene rings is 2. The van der Waals surface area contributed by atoms with Crippen LogP contribution in [0, 0.1) is 5.82 Å². The van der Waals surface area contributed by atoms with E-state index >= 15 is 0 Å². The fourth-order valence-electron chi connectivity index (χ4n) is 2.18. The highest BCUT2D eigenvalue weighted by Gasteiger charge is 2.13. The van der Waals surface area contributed by atoms with Crippen molar-refractivity contribution in [1.82, 2.24) is 0 Å². The fraction of sp³-hybridized carbons (Fsp3) is 0.176. The number of carboxylic acids is 1. The molecule has 0 fully saturated rings. The molecule has 0 amide bonds. The lowest BCUT2D eigenvalue weighted by Gasteiger charge is -2.08. The minimum atomic E-state index is -1.03. The van der Waals surface area contributed by atoms with Crippen molar-refractivity contribution in [2.75, 3.05) is 6.26 Å². The summed E-state index contributed by atoms with van der Waals surface area (Å²) in [6.07, 6.45) is 1.72. The molecule has 0 radical (unpaired) electrons. The van der Waals surface area contributed by atoms with E-state index in [1.165, 1.54) is 12.1 Å². The number of halogens is 1. The summed E-state index contributed by atoms with van der Waals surface area (Å²) in [7, 11) is 0. The average Bonchev–Trinajstić information content (AvgIpc) is 2.56. The number of thioether (sulfide) groups is 1. The maximum Gasteiger partial charge on any atom is 0.303 e. The van der Waals surface area contributed by atoms with E-state index in [1.807, 2.05) is 30.5 Å². The second-order valence-corrected chi connectivity index (χ2v) is 5.74. The molecule has 0 bridgehead atoms. The highest BCUT2D eigenvalue weighted by atomic mass is 32.2. The van der Waals surface area contributed by atoms with Crippen molar-refractivity contribution >= 4 is 23.4 Å². The number of rotatable bonds is 6. The van der Waals surface area contributed by atoms with Gasteiger partial charge in [-0.05, 0) is 41.6 Å². The Morgan fingerprint density at radius 3 is 2.30 bits per heavy atom. The second kappa shape index (κ2) is 7.78. The minimum absolute atomic E-state index is 0.0224. The zero-order valence-corrected chi connectivity index (χ0v) is 13.3. The molecule has 2 N–H and O–H groups in total. The van der Waals surface area contributed by atoms with Crippen LogP contribution in [-0.2, 0) is 4.79 Å². The van der Waals surface area contributed by atoms with E-state index in [0.717, 1.165) is 10.5 Å². The summed E-state index contributed by atoms with van der Waals surface area (Å²) >= 11 is 1.63. The van der Waals surface area contributed by atoms with Crippen LogP contribution in [0.5, 0.6) is 0 Å². The largest absolute Gasteiger partial charge is 0.481 e. The average molecular weight is 333 g/mol. The molecule has 0 aromatic heterocycles. The highest BCUT2D eigenvalue weighted by molar-refractivity contribution is 7.98. The Bertz CT molecular complexity index is 729. The molecule has 0 saturated heterocycles. The molecule has 0 aliphatic carbocycles. The highest BCUT2D eigenvalue weighted by Crippen LogP contribution is 2.25. The third-order valence-electron chi connectivity index (χ3n) is 3.40. The van der Waals surface area contributed by atoms with Crippen molar-refractivity contribution in [3.8, 4) is 11.1 Å². The number of hydrogen-bond donors (Lipinski definition) is 2. The van der Waals surface area contributed by atoms with E-state index < -0.39 is 11.8 Å². The van der Waals surface area contributed by atoms with Crippen molar-refractivity contribution in [3.63, 3.8) is 0 Å². The summed E-state index contributed by atoms with van der Waals surface area (Å²) in [5.74, 6) is -1.58. The smallest absolute Gasteiger partial charge is 0.303 e. The predicted octanol–water partition coefficient (Wildman–Crippen LogP) is 4.26. The molecule has 6 heteroatoms. The van der Waals surface area contributed by atoms with Crippen LogP contribution in [0.1, 0.15) is 18.4 Å². The van der Waals surface area contributed by atoms with Gasteiger partial charge in [0.1, 0.15) is 5.82 Å². The molecule has 2 aromatic rings. The number of carboxylic acid groups (broad SMARTS) is 1. The van der Waals surface area contributed by atoms with E-state index in [1.54, 1.807) is 17.8 Å². The first-order valence-corrected chi connectivity index (χ1v) is 8.14. The number of carbonyl (C=O) groups is 1. The van der Waals surface area contributed by atoms with Crippen molar-refractivity contribution < 1.29 is 19.5 Å². The van der Waals surface area contributed by atoms with Crippen molar-refractivity contribution in [2.45, 2.75) is 17.7 Å². The maximum absolute atomic E-state index is 14.3. The Morgan fingerprint density at radius 1 is 1.13 bits per heavy atom. The Kier molecular flexibility index (Phi) is 5.76. The summed E-state index contributed by atoms with van der Waals surface area (Å²) in [6.45, 7) is 0. The standard InChI is InChI=1S/C17H16FNO3S/c1-23-13-5-2-11(3-6-13)12-4-7-14(15(18)10-12)16(19-22)8-9-17(20)21/h2-7,10,22H,8-9H2,1H3,(H,20,21)/b19-16+.